The summed E-state index contributed by atoms with van der Waals surface area (Å²) in [7, 11) is 0. The molecule has 0 saturated carbocycles. The predicted octanol–water partition coefficient (Wildman–Crippen LogP) is 4.19. The van der Waals surface area contributed by atoms with E-state index < -0.39 is 0 Å². The van der Waals surface area contributed by atoms with Crippen LogP contribution in [0.4, 0.5) is 0 Å². The minimum absolute atomic E-state index is 0.151. The summed E-state index contributed by atoms with van der Waals surface area (Å²) in [6, 6.07) is 14.7. The number of aryl methyl sites for hydroxylation is 1. The second-order valence-electron chi connectivity index (χ2n) is 5.43. The van der Waals surface area contributed by atoms with Crippen LogP contribution in [0.2, 0.25) is 0 Å². The molecule has 1 heterocycles. The maximum atomic E-state index is 12.5. The molecule has 0 aromatic heterocycles. The summed E-state index contributed by atoms with van der Waals surface area (Å²) in [6.45, 7) is 2.10. The second kappa shape index (κ2) is 7.63. The molecule has 3 rings (SSSR count). The van der Waals surface area contributed by atoms with Gasteiger partial charge in [-0.05, 0) is 53.5 Å². The topological polar surface area (TPSA) is 52.9 Å². The van der Waals surface area contributed by atoms with Gasteiger partial charge in [-0.25, -0.2) is 0 Å². The quantitative estimate of drug-likeness (QED) is 0.499. The van der Waals surface area contributed by atoms with E-state index in [1.54, 1.807) is 30.5 Å². The Hall–Kier alpha value is -2.44. The summed E-state index contributed by atoms with van der Waals surface area (Å²) in [5, 5.41) is 15.0. The summed E-state index contributed by atoms with van der Waals surface area (Å²) < 4.78 is 0.387. The number of thiocarbonyl (C=S) groups is 1. The maximum Gasteiger partial charge on any atom is 0.286 e. The Balaban J connectivity index is 1.77. The van der Waals surface area contributed by atoms with Crippen LogP contribution < -0.4 is 0 Å². The molecule has 0 aliphatic carbocycles. The van der Waals surface area contributed by atoms with E-state index in [9.17, 15) is 9.90 Å². The van der Waals surface area contributed by atoms with Crippen LogP contribution >= 0.6 is 24.0 Å². The fraction of sp³-hybridized carbons (Fsp3) is 0.105. The molecule has 1 N–H and O–H groups in total. The van der Waals surface area contributed by atoms with Crippen molar-refractivity contribution >= 4 is 46.5 Å². The number of hydrogen-bond donors (Lipinski definition) is 1. The van der Waals surface area contributed by atoms with Crippen molar-refractivity contribution in [2.45, 2.75) is 13.3 Å². The van der Waals surface area contributed by atoms with Gasteiger partial charge < -0.3 is 5.11 Å². The van der Waals surface area contributed by atoms with E-state index in [1.165, 1.54) is 22.3 Å². The average Bonchev–Trinajstić information content (AvgIpc) is 2.87. The Kier molecular flexibility index (Phi) is 5.31. The van der Waals surface area contributed by atoms with Gasteiger partial charge in [-0.1, -0.05) is 55.1 Å². The van der Waals surface area contributed by atoms with Crippen LogP contribution in [-0.2, 0) is 11.2 Å². The van der Waals surface area contributed by atoms with Gasteiger partial charge >= 0.3 is 0 Å². The van der Waals surface area contributed by atoms with Crippen molar-refractivity contribution in [3.05, 3.63) is 70.1 Å². The molecule has 0 unspecified atom stereocenters. The van der Waals surface area contributed by atoms with Gasteiger partial charge in [0.2, 0.25) is 0 Å². The number of thioether (sulfide) groups is 1. The highest BCUT2D eigenvalue weighted by atomic mass is 32.2. The molecular weight excluding hydrogens is 352 g/mol. The average molecular weight is 368 g/mol. The number of benzene rings is 2. The smallest absolute Gasteiger partial charge is 0.286 e. The van der Waals surface area contributed by atoms with Crippen LogP contribution in [0.5, 0.6) is 5.75 Å². The lowest BCUT2D eigenvalue weighted by atomic mass is 10.1. The number of hydrazone groups is 1. The fourth-order valence-electron chi connectivity index (χ4n) is 2.29. The van der Waals surface area contributed by atoms with Crippen molar-refractivity contribution in [1.29, 1.82) is 0 Å². The van der Waals surface area contributed by atoms with Gasteiger partial charge in [-0.3, -0.25) is 4.79 Å². The van der Waals surface area contributed by atoms with Gasteiger partial charge in [0, 0.05) is 0 Å². The number of carbonyl (C=O) groups is 1. The van der Waals surface area contributed by atoms with Crippen LogP contribution in [0.25, 0.3) is 6.08 Å². The molecule has 0 bridgehead atoms. The molecule has 2 aromatic rings. The Labute approximate surface area is 155 Å². The zero-order chi connectivity index (χ0) is 17.8. The molecule has 1 saturated heterocycles. The van der Waals surface area contributed by atoms with E-state index in [1.807, 2.05) is 30.3 Å². The molecule has 25 heavy (non-hydrogen) atoms. The summed E-state index contributed by atoms with van der Waals surface area (Å²) in [5.41, 5.74) is 2.89. The minimum Gasteiger partial charge on any atom is -0.508 e. The van der Waals surface area contributed by atoms with Crippen molar-refractivity contribution in [2.24, 2.45) is 5.10 Å². The maximum absolute atomic E-state index is 12.5. The Morgan fingerprint density at radius 3 is 2.64 bits per heavy atom. The van der Waals surface area contributed by atoms with Crippen molar-refractivity contribution in [2.75, 3.05) is 0 Å². The van der Waals surface area contributed by atoms with E-state index >= 15 is 0 Å². The van der Waals surface area contributed by atoms with Crippen LogP contribution in [-0.4, -0.2) is 26.6 Å². The van der Waals surface area contributed by atoms with Gasteiger partial charge in [-0.2, -0.15) is 10.1 Å². The van der Waals surface area contributed by atoms with Crippen molar-refractivity contribution in [3.8, 4) is 5.75 Å². The van der Waals surface area contributed by atoms with E-state index in [2.05, 4.69) is 12.0 Å². The third-order valence-electron chi connectivity index (χ3n) is 3.65. The Morgan fingerprint density at radius 1 is 1.20 bits per heavy atom. The number of phenols is 1. The number of aromatic hydroxyl groups is 1. The first-order valence-electron chi connectivity index (χ1n) is 7.76. The Morgan fingerprint density at radius 2 is 1.96 bits per heavy atom. The van der Waals surface area contributed by atoms with E-state index in [0.717, 1.165) is 17.5 Å². The molecule has 1 fully saturated rings. The van der Waals surface area contributed by atoms with Gasteiger partial charge in [0.15, 0.2) is 4.32 Å². The number of hydrogen-bond acceptors (Lipinski definition) is 5. The molecular formula is C19H16N2O2S2. The van der Waals surface area contributed by atoms with Gasteiger partial charge in [0.25, 0.3) is 5.91 Å². The number of phenolic OH excluding ortho intramolecular Hbond substituents is 1. The Bertz CT molecular complexity index is 873. The van der Waals surface area contributed by atoms with E-state index in [4.69, 9.17) is 12.2 Å². The molecule has 0 spiro atoms. The fourth-order valence-corrected chi connectivity index (χ4v) is 3.46. The highest BCUT2D eigenvalue weighted by molar-refractivity contribution is 8.26. The lowest BCUT2D eigenvalue weighted by Gasteiger charge is -2.06. The first-order chi connectivity index (χ1) is 12.1. The zero-order valence-electron chi connectivity index (χ0n) is 13.5. The van der Waals surface area contributed by atoms with Gasteiger partial charge in [0.1, 0.15) is 5.75 Å². The van der Waals surface area contributed by atoms with Crippen LogP contribution in [0.3, 0.4) is 0 Å². The van der Waals surface area contributed by atoms with Gasteiger partial charge in [-0.15, -0.1) is 0 Å². The molecule has 2 aromatic carbocycles. The molecule has 1 amide bonds. The first kappa shape index (κ1) is 17.4. The monoisotopic (exact) mass is 368 g/mol. The predicted molar refractivity (Wildman–Crippen MR) is 107 cm³/mol. The zero-order valence-corrected chi connectivity index (χ0v) is 15.2. The summed E-state index contributed by atoms with van der Waals surface area (Å²) in [6.07, 6.45) is 4.30. The van der Waals surface area contributed by atoms with Gasteiger partial charge in [0.05, 0.1) is 11.1 Å². The van der Waals surface area contributed by atoms with Crippen molar-refractivity contribution in [3.63, 3.8) is 0 Å². The van der Waals surface area contributed by atoms with Crippen molar-refractivity contribution in [1.82, 2.24) is 5.01 Å². The largest absolute Gasteiger partial charge is 0.508 e. The van der Waals surface area contributed by atoms with Crippen LogP contribution in [0, 0.1) is 0 Å². The SMILES string of the molecule is CCc1ccc(/C=N/N2C(=O)/C(=C\c3cccc(O)c3)SC2=S)cc1. The second-order valence-corrected chi connectivity index (χ2v) is 7.10. The molecule has 6 heteroatoms. The van der Waals surface area contributed by atoms with E-state index in [-0.39, 0.29) is 11.7 Å². The van der Waals surface area contributed by atoms with Crippen molar-refractivity contribution < 1.29 is 9.90 Å². The molecule has 0 radical (unpaired) electrons. The molecule has 1 aliphatic rings. The van der Waals surface area contributed by atoms with Crippen LogP contribution in [0.1, 0.15) is 23.6 Å². The summed E-state index contributed by atoms with van der Waals surface area (Å²) in [5.74, 6) is -0.113. The highest BCUT2D eigenvalue weighted by Gasteiger charge is 2.32. The minimum atomic E-state index is -0.264. The number of rotatable bonds is 4. The number of nitrogens with zero attached hydrogens (tertiary/aromatic N) is 2. The highest BCUT2D eigenvalue weighted by Crippen LogP contribution is 2.33. The molecule has 4 nitrogen and oxygen atoms in total. The standard InChI is InChI=1S/C19H16N2O2S2/c1-2-13-6-8-14(9-7-13)12-20-21-18(23)17(25-19(21)24)11-15-4-3-5-16(22)10-15/h3-12,22H,2H2,1H3/b17-11+,20-12+. The summed E-state index contributed by atoms with van der Waals surface area (Å²) in [4.78, 5) is 13.0. The molecule has 0 atom stereocenters. The normalized spacial score (nSPS) is 16.4. The first-order valence-corrected chi connectivity index (χ1v) is 8.99. The molecule has 126 valence electrons. The number of carbonyl (C=O) groups excluding carboxylic acids is 1. The third-order valence-corrected chi connectivity index (χ3v) is 4.93. The lowest BCUT2D eigenvalue weighted by Crippen LogP contribution is -2.22. The molecule has 1 aliphatic heterocycles. The summed E-state index contributed by atoms with van der Waals surface area (Å²) >= 11 is 6.45. The van der Waals surface area contributed by atoms with E-state index in [0.29, 0.717) is 9.23 Å². The number of amides is 1. The third kappa shape index (κ3) is 4.15. The van der Waals surface area contributed by atoms with Crippen LogP contribution in [0.15, 0.2) is 58.5 Å². The lowest BCUT2D eigenvalue weighted by molar-refractivity contribution is -0.122.